The van der Waals surface area contributed by atoms with Gasteiger partial charge < -0.3 is 10.4 Å². The minimum absolute atomic E-state index is 0.177. The van der Waals surface area contributed by atoms with Gasteiger partial charge in [-0.25, -0.2) is 9.78 Å². The number of nitrogens with zero attached hydrogens (tertiary/aromatic N) is 1. The van der Waals surface area contributed by atoms with Crippen molar-refractivity contribution in [3.8, 4) is 0 Å². The molecular formula is C12H10N2O3S. The van der Waals surface area contributed by atoms with Crippen LogP contribution in [0.15, 0.2) is 35.2 Å². The third kappa shape index (κ3) is 3.14. The van der Waals surface area contributed by atoms with Gasteiger partial charge >= 0.3 is 5.97 Å². The molecule has 5 nitrogen and oxygen atoms in total. The molecule has 2 aromatic rings. The van der Waals surface area contributed by atoms with Crippen LogP contribution in [0.4, 0.5) is 5.69 Å². The first-order chi connectivity index (χ1) is 8.65. The van der Waals surface area contributed by atoms with Crippen molar-refractivity contribution in [2.45, 2.75) is 6.42 Å². The van der Waals surface area contributed by atoms with E-state index in [1.807, 2.05) is 5.38 Å². The summed E-state index contributed by atoms with van der Waals surface area (Å²) in [6, 6.07) is 6.01. The molecule has 1 aromatic carbocycles. The van der Waals surface area contributed by atoms with E-state index in [9.17, 15) is 9.59 Å². The highest BCUT2D eigenvalue weighted by Gasteiger charge is 2.06. The molecule has 0 saturated heterocycles. The lowest BCUT2D eigenvalue weighted by molar-refractivity contribution is -0.115. The van der Waals surface area contributed by atoms with E-state index in [1.54, 1.807) is 17.6 Å². The first-order valence-electron chi connectivity index (χ1n) is 5.15. The number of carboxylic acid groups (broad SMARTS) is 1. The molecule has 0 aliphatic heterocycles. The van der Waals surface area contributed by atoms with Crippen molar-refractivity contribution in [3.63, 3.8) is 0 Å². The van der Waals surface area contributed by atoms with E-state index in [0.717, 1.165) is 5.69 Å². The molecule has 2 N–H and O–H groups in total. The molecule has 0 aliphatic carbocycles. The van der Waals surface area contributed by atoms with E-state index in [-0.39, 0.29) is 17.9 Å². The maximum Gasteiger partial charge on any atom is 0.335 e. The molecule has 6 heteroatoms. The third-order valence-electron chi connectivity index (χ3n) is 2.24. The summed E-state index contributed by atoms with van der Waals surface area (Å²) in [5, 5.41) is 13.2. The Morgan fingerprint density at radius 1 is 1.28 bits per heavy atom. The van der Waals surface area contributed by atoms with Gasteiger partial charge in [-0.3, -0.25) is 4.79 Å². The molecule has 1 heterocycles. The quantitative estimate of drug-likeness (QED) is 0.883. The summed E-state index contributed by atoms with van der Waals surface area (Å²) >= 11 is 1.44. The average molecular weight is 262 g/mol. The van der Waals surface area contributed by atoms with E-state index in [2.05, 4.69) is 10.3 Å². The Bertz CT molecular complexity index is 549. The molecule has 0 unspecified atom stereocenters. The van der Waals surface area contributed by atoms with Crippen molar-refractivity contribution in [2.75, 3.05) is 5.32 Å². The molecule has 0 radical (unpaired) electrons. The van der Waals surface area contributed by atoms with Crippen LogP contribution in [0.5, 0.6) is 0 Å². The van der Waals surface area contributed by atoms with E-state index >= 15 is 0 Å². The number of aromatic carboxylic acids is 1. The van der Waals surface area contributed by atoms with E-state index in [1.165, 1.54) is 23.5 Å². The fourth-order valence-corrected chi connectivity index (χ4v) is 1.95. The zero-order valence-corrected chi connectivity index (χ0v) is 10.1. The van der Waals surface area contributed by atoms with Crippen LogP contribution in [0.25, 0.3) is 0 Å². The lowest BCUT2D eigenvalue weighted by Gasteiger charge is -2.04. The molecule has 18 heavy (non-hydrogen) atoms. The van der Waals surface area contributed by atoms with Crippen molar-refractivity contribution in [1.82, 2.24) is 4.98 Å². The number of rotatable bonds is 4. The number of amides is 1. The molecule has 92 valence electrons. The second kappa shape index (κ2) is 5.42. The molecule has 0 aliphatic rings. The second-order valence-electron chi connectivity index (χ2n) is 3.59. The first-order valence-corrected chi connectivity index (χ1v) is 6.10. The van der Waals surface area contributed by atoms with E-state index < -0.39 is 5.97 Å². The predicted octanol–water partition coefficient (Wildman–Crippen LogP) is 2.02. The lowest BCUT2D eigenvalue weighted by Crippen LogP contribution is -2.14. The second-order valence-corrected chi connectivity index (χ2v) is 4.31. The fourth-order valence-electron chi connectivity index (χ4n) is 1.39. The Hall–Kier alpha value is -2.21. The smallest absolute Gasteiger partial charge is 0.335 e. The highest BCUT2D eigenvalue weighted by atomic mass is 32.1. The van der Waals surface area contributed by atoms with Gasteiger partial charge in [0.25, 0.3) is 0 Å². The Morgan fingerprint density at radius 2 is 2.00 bits per heavy atom. The SMILES string of the molecule is O=C(Cc1cscn1)Nc1ccc(C(=O)O)cc1. The number of nitrogens with one attached hydrogen (secondary N) is 1. The number of benzene rings is 1. The Morgan fingerprint density at radius 3 is 2.56 bits per heavy atom. The number of hydrogen-bond donors (Lipinski definition) is 2. The van der Waals surface area contributed by atoms with Gasteiger partial charge in [0, 0.05) is 11.1 Å². The Balaban J connectivity index is 1.97. The van der Waals surface area contributed by atoms with Gasteiger partial charge in [0.05, 0.1) is 23.2 Å². The fraction of sp³-hybridized carbons (Fsp3) is 0.0833. The van der Waals surface area contributed by atoms with Crippen LogP contribution in [0.1, 0.15) is 16.1 Å². The van der Waals surface area contributed by atoms with Crippen molar-refractivity contribution in [1.29, 1.82) is 0 Å². The molecule has 1 aromatic heterocycles. The minimum atomic E-state index is -0.990. The van der Waals surface area contributed by atoms with Crippen LogP contribution >= 0.6 is 11.3 Å². The van der Waals surface area contributed by atoms with Crippen molar-refractivity contribution in [3.05, 3.63) is 46.4 Å². The van der Waals surface area contributed by atoms with Crippen molar-refractivity contribution < 1.29 is 14.7 Å². The van der Waals surface area contributed by atoms with Gasteiger partial charge in [-0.15, -0.1) is 11.3 Å². The number of carbonyl (C=O) groups excluding carboxylic acids is 1. The molecule has 0 spiro atoms. The number of carbonyl (C=O) groups is 2. The van der Waals surface area contributed by atoms with Gasteiger partial charge in [0.1, 0.15) is 0 Å². The summed E-state index contributed by atoms with van der Waals surface area (Å²) < 4.78 is 0. The summed E-state index contributed by atoms with van der Waals surface area (Å²) in [7, 11) is 0. The molecule has 0 bridgehead atoms. The molecule has 0 saturated carbocycles. The molecule has 0 fully saturated rings. The van der Waals surface area contributed by atoms with Crippen molar-refractivity contribution >= 4 is 28.9 Å². The van der Waals surface area contributed by atoms with Crippen LogP contribution in [0, 0.1) is 0 Å². The largest absolute Gasteiger partial charge is 0.478 e. The molecule has 2 rings (SSSR count). The molecule has 0 atom stereocenters. The van der Waals surface area contributed by atoms with Crippen LogP contribution in [-0.2, 0) is 11.2 Å². The average Bonchev–Trinajstić information content (AvgIpc) is 2.82. The van der Waals surface area contributed by atoms with E-state index in [0.29, 0.717) is 5.69 Å². The lowest BCUT2D eigenvalue weighted by atomic mass is 10.2. The number of aromatic nitrogens is 1. The first kappa shape index (κ1) is 12.3. The van der Waals surface area contributed by atoms with Gasteiger partial charge in [-0.2, -0.15) is 0 Å². The summed E-state index contributed by atoms with van der Waals surface area (Å²) in [4.78, 5) is 26.3. The van der Waals surface area contributed by atoms with Gasteiger partial charge in [-0.05, 0) is 24.3 Å². The summed E-state index contributed by atoms with van der Waals surface area (Å²) in [5.41, 5.74) is 3.15. The van der Waals surface area contributed by atoms with Gasteiger partial charge in [0.15, 0.2) is 0 Å². The number of hydrogen-bond acceptors (Lipinski definition) is 4. The maximum atomic E-state index is 11.6. The van der Waals surface area contributed by atoms with Crippen LogP contribution < -0.4 is 5.32 Å². The Kier molecular flexibility index (Phi) is 3.69. The van der Waals surface area contributed by atoms with Crippen LogP contribution in [0.3, 0.4) is 0 Å². The zero-order chi connectivity index (χ0) is 13.0. The van der Waals surface area contributed by atoms with Crippen molar-refractivity contribution in [2.24, 2.45) is 0 Å². The monoisotopic (exact) mass is 262 g/mol. The standard InChI is InChI=1S/C12H10N2O3S/c15-11(5-10-6-18-7-13-10)14-9-3-1-8(2-4-9)12(16)17/h1-4,6-7H,5H2,(H,14,15)(H,16,17). The van der Waals surface area contributed by atoms with Crippen LogP contribution in [-0.4, -0.2) is 22.0 Å². The maximum absolute atomic E-state index is 11.6. The highest BCUT2D eigenvalue weighted by molar-refractivity contribution is 7.07. The topological polar surface area (TPSA) is 79.3 Å². The van der Waals surface area contributed by atoms with Crippen LogP contribution in [0.2, 0.25) is 0 Å². The number of anilines is 1. The van der Waals surface area contributed by atoms with Gasteiger partial charge in [0.2, 0.25) is 5.91 Å². The number of thiazole rings is 1. The molecular weight excluding hydrogens is 252 g/mol. The predicted molar refractivity (Wildman–Crippen MR) is 67.8 cm³/mol. The highest BCUT2D eigenvalue weighted by Crippen LogP contribution is 2.10. The summed E-state index contributed by atoms with van der Waals surface area (Å²) in [6.07, 6.45) is 0.212. The summed E-state index contributed by atoms with van der Waals surface area (Å²) in [6.45, 7) is 0. The summed E-state index contributed by atoms with van der Waals surface area (Å²) in [5.74, 6) is -1.17. The van der Waals surface area contributed by atoms with Gasteiger partial charge in [-0.1, -0.05) is 0 Å². The normalized spacial score (nSPS) is 10.0. The molecule has 1 amide bonds. The number of carboxylic acids is 1. The third-order valence-corrected chi connectivity index (χ3v) is 2.88. The minimum Gasteiger partial charge on any atom is -0.478 e. The zero-order valence-electron chi connectivity index (χ0n) is 9.29. The van der Waals surface area contributed by atoms with E-state index in [4.69, 9.17) is 5.11 Å². The Labute approximate surface area is 107 Å².